The molecule has 0 saturated heterocycles. The molecular formula is C21H22BrF2NO3. The first-order valence-corrected chi connectivity index (χ1v) is 9.82. The Morgan fingerprint density at radius 2 is 1.96 bits per heavy atom. The smallest absolute Gasteiger partial charge is 0.296 e. The van der Waals surface area contributed by atoms with Gasteiger partial charge in [-0.1, -0.05) is 28.1 Å². The molecule has 3 rings (SSSR count). The first-order chi connectivity index (χ1) is 13.2. The second kappa shape index (κ2) is 8.17. The van der Waals surface area contributed by atoms with Gasteiger partial charge in [-0.15, -0.1) is 0 Å². The van der Waals surface area contributed by atoms with Gasteiger partial charge in [0.1, 0.15) is 12.4 Å². The predicted octanol–water partition coefficient (Wildman–Crippen LogP) is 5.35. The lowest BCUT2D eigenvalue weighted by atomic mass is 9.97. The van der Waals surface area contributed by atoms with Crippen LogP contribution in [0.25, 0.3) is 0 Å². The van der Waals surface area contributed by atoms with E-state index in [2.05, 4.69) is 21.2 Å². The third-order valence-electron chi connectivity index (χ3n) is 4.45. The van der Waals surface area contributed by atoms with E-state index in [4.69, 9.17) is 9.47 Å². The van der Waals surface area contributed by atoms with E-state index in [1.165, 1.54) is 18.2 Å². The van der Waals surface area contributed by atoms with Crippen LogP contribution in [0.1, 0.15) is 53.9 Å². The van der Waals surface area contributed by atoms with Crippen LogP contribution in [0.2, 0.25) is 0 Å². The van der Waals surface area contributed by atoms with Gasteiger partial charge in [-0.2, -0.15) is 8.78 Å². The fourth-order valence-electron chi connectivity index (χ4n) is 3.16. The molecule has 7 heteroatoms. The first kappa shape index (κ1) is 20.7. The Balaban J connectivity index is 1.80. The van der Waals surface area contributed by atoms with E-state index < -0.39 is 12.5 Å². The normalized spacial score (nSPS) is 16.4. The molecule has 1 N–H and O–H groups in total. The molecule has 1 atom stereocenters. The number of hydrogen-bond acceptors (Lipinski definition) is 3. The molecule has 0 fully saturated rings. The average molecular weight is 454 g/mol. The van der Waals surface area contributed by atoms with Crippen LogP contribution in [0.3, 0.4) is 0 Å². The monoisotopic (exact) mass is 453 g/mol. The minimum Gasteiger partial charge on any atom is -0.491 e. The average Bonchev–Trinajstić information content (AvgIpc) is 2.60. The van der Waals surface area contributed by atoms with E-state index in [1.807, 2.05) is 39.0 Å². The molecule has 4 nitrogen and oxygen atoms in total. The Morgan fingerprint density at radius 3 is 2.68 bits per heavy atom. The summed E-state index contributed by atoms with van der Waals surface area (Å²) in [7, 11) is 0. The van der Waals surface area contributed by atoms with Gasteiger partial charge in [0.25, 0.3) is 11.8 Å². The molecular weight excluding hydrogens is 432 g/mol. The van der Waals surface area contributed by atoms with Crippen LogP contribution in [0.5, 0.6) is 5.75 Å². The zero-order valence-electron chi connectivity index (χ0n) is 15.9. The quantitative estimate of drug-likeness (QED) is 0.663. The third-order valence-corrected chi connectivity index (χ3v) is 4.95. The molecule has 2 aromatic carbocycles. The topological polar surface area (TPSA) is 47.6 Å². The third kappa shape index (κ3) is 4.52. The highest BCUT2D eigenvalue weighted by atomic mass is 79.9. The van der Waals surface area contributed by atoms with Crippen LogP contribution < -0.4 is 10.1 Å². The summed E-state index contributed by atoms with van der Waals surface area (Å²) < 4.78 is 39.5. The molecule has 1 amide bonds. The molecule has 0 radical (unpaired) electrons. The summed E-state index contributed by atoms with van der Waals surface area (Å²) in [5.74, 6) is -2.70. The van der Waals surface area contributed by atoms with Gasteiger partial charge < -0.3 is 14.8 Å². The molecule has 0 saturated carbocycles. The van der Waals surface area contributed by atoms with Gasteiger partial charge in [0.05, 0.1) is 18.8 Å². The first-order valence-electron chi connectivity index (χ1n) is 9.03. The van der Waals surface area contributed by atoms with Crippen molar-refractivity contribution in [2.75, 3.05) is 6.61 Å². The molecule has 0 spiro atoms. The van der Waals surface area contributed by atoms with Crippen molar-refractivity contribution in [3.8, 4) is 5.75 Å². The predicted molar refractivity (Wildman–Crippen MR) is 106 cm³/mol. The summed E-state index contributed by atoms with van der Waals surface area (Å²) >= 11 is 3.43. The molecule has 1 aliphatic rings. The number of fused-ring (bicyclic) bond motifs is 1. The minimum absolute atomic E-state index is 0.0155. The number of nitrogens with one attached hydrogen (secondary N) is 1. The summed E-state index contributed by atoms with van der Waals surface area (Å²) in [5, 5.41) is 2.91. The number of carbonyl (C=O) groups excluding carboxylic acids is 1. The SMILES string of the molecule is CC(C)Oc1cc(Br)ccc1[C@H](C)NC(=O)c1ccc2c(c1)COCC2(F)F. The lowest BCUT2D eigenvalue weighted by molar-refractivity contribution is -0.103. The summed E-state index contributed by atoms with van der Waals surface area (Å²) in [6.07, 6.45) is -0.0155. The summed E-state index contributed by atoms with van der Waals surface area (Å²) in [6, 6.07) is 9.49. The van der Waals surface area contributed by atoms with E-state index in [0.717, 1.165) is 10.0 Å². The Hall–Kier alpha value is -1.99. The van der Waals surface area contributed by atoms with E-state index in [1.54, 1.807) is 0 Å². The van der Waals surface area contributed by atoms with E-state index in [0.29, 0.717) is 16.9 Å². The van der Waals surface area contributed by atoms with E-state index in [9.17, 15) is 13.6 Å². The Labute approximate surface area is 171 Å². The van der Waals surface area contributed by atoms with Crippen LogP contribution in [0.4, 0.5) is 8.78 Å². The maximum Gasteiger partial charge on any atom is 0.296 e. The summed E-state index contributed by atoms with van der Waals surface area (Å²) in [5.41, 5.74) is 1.40. The zero-order chi connectivity index (χ0) is 20.5. The highest BCUT2D eigenvalue weighted by Crippen LogP contribution is 2.36. The zero-order valence-corrected chi connectivity index (χ0v) is 17.5. The number of amides is 1. The van der Waals surface area contributed by atoms with Crippen LogP contribution in [-0.2, 0) is 17.3 Å². The van der Waals surface area contributed by atoms with E-state index in [-0.39, 0.29) is 30.2 Å². The largest absolute Gasteiger partial charge is 0.491 e. The minimum atomic E-state index is -3.03. The molecule has 150 valence electrons. The Bertz CT molecular complexity index is 886. The fourth-order valence-corrected chi connectivity index (χ4v) is 3.50. The van der Waals surface area contributed by atoms with Crippen LogP contribution in [0.15, 0.2) is 40.9 Å². The summed E-state index contributed by atoms with van der Waals surface area (Å²) in [6.45, 7) is 5.15. The maximum absolute atomic E-state index is 13.9. The van der Waals surface area contributed by atoms with Gasteiger partial charge in [-0.3, -0.25) is 4.79 Å². The van der Waals surface area contributed by atoms with Gasteiger partial charge in [-0.05, 0) is 50.6 Å². The molecule has 28 heavy (non-hydrogen) atoms. The van der Waals surface area contributed by atoms with Crippen molar-refractivity contribution in [3.63, 3.8) is 0 Å². The molecule has 0 aromatic heterocycles. The fraction of sp³-hybridized carbons (Fsp3) is 0.381. The van der Waals surface area contributed by atoms with Gasteiger partial charge in [0.2, 0.25) is 0 Å². The second-order valence-electron chi connectivity index (χ2n) is 7.11. The Kier molecular flexibility index (Phi) is 6.05. The highest BCUT2D eigenvalue weighted by molar-refractivity contribution is 9.10. The number of ether oxygens (including phenoxy) is 2. The molecule has 0 unspecified atom stereocenters. The number of alkyl halides is 2. The van der Waals surface area contributed by atoms with Gasteiger partial charge >= 0.3 is 0 Å². The van der Waals surface area contributed by atoms with Crippen LogP contribution >= 0.6 is 15.9 Å². The second-order valence-corrected chi connectivity index (χ2v) is 8.03. The van der Waals surface area contributed by atoms with Crippen molar-refractivity contribution in [2.24, 2.45) is 0 Å². The number of rotatable bonds is 5. The van der Waals surface area contributed by atoms with Gasteiger partial charge in [0, 0.05) is 21.2 Å². The van der Waals surface area contributed by atoms with Crippen molar-refractivity contribution in [1.29, 1.82) is 0 Å². The highest BCUT2D eigenvalue weighted by Gasteiger charge is 2.37. The van der Waals surface area contributed by atoms with Crippen molar-refractivity contribution in [1.82, 2.24) is 5.32 Å². The molecule has 0 bridgehead atoms. The number of hydrogen-bond donors (Lipinski definition) is 1. The molecule has 1 aliphatic heterocycles. The number of benzene rings is 2. The van der Waals surface area contributed by atoms with Crippen LogP contribution in [-0.4, -0.2) is 18.6 Å². The van der Waals surface area contributed by atoms with Crippen molar-refractivity contribution >= 4 is 21.8 Å². The van der Waals surface area contributed by atoms with Crippen molar-refractivity contribution < 1.29 is 23.0 Å². The van der Waals surface area contributed by atoms with Gasteiger partial charge in [0.15, 0.2) is 0 Å². The van der Waals surface area contributed by atoms with Crippen LogP contribution in [0, 0.1) is 0 Å². The Morgan fingerprint density at radius 1 is 1.21 bits per heavy atom. The van der Waals surface area contributed by atoms with Gasteiger partial charge in [-0.25, -0.2) is 0 Å². The van der Waals surface area contributed by atoms with Crippen molar-refractivity contribution in [2.45, 2.75) is 45.4 Å². The van der Waals surface area contributed by atoms with Crippen molar-refractivity contribution in [3.05, 3.63) is 63.1 Å². The number of carbonyl (C=O) groups is 1. The summed E-state index contributed by atoms with van der Waals surface area (Å²) in [4.78, 5) is 12.7. The molecule has 2 aromatic rings. The molecule has 1 heterocycles. The van der Waals surface area contributed by atoms with E-state index >= 15 is 0 Å². The lowest BCUT2D eigenvalue weighted by Crippen LogP contribution is -2.30. The lowest BCUT2D eigenvalue weighted by Gasteiger charge is -2.26. The standard InChI is InChI=1S/C21H22BrF2NO3/c1-12(2)28-19-9-16(22)5-6-17(19)13(3)25-20(26)14-4-7-18-15(8-14)10-27-11-21(18,23)24/h4-9,12-13H,10-11H2,1-3H3,(H,25,26)/t13-/m0/s1. The number of halogens is 3. The maximum atomic E-state index is 13.9. The molecule has 0 aliphatic carbocycles.